The Labute approximate surface area is 91.4 Å². The zero-order valence-corrected chi connectivity index (χ0v) is 9.08. The van der Waals surface area contributed by atoms with Gasteiger partial charge in [-0.05, 0) is 6.07 Å². The number of carbonyl (C=O) groups excluding carboxylic acids is 1. The maximum atomic E-state index is 11.3. The summed E-state index contributed by atoms with van der Waals surface area (Å²) in [5, 5.41) is 1.13. The normalized spacial score (nSPS) is 10.6. The SMILES string of the molecule is COC(=O)c1cnc2c(ccn2C)c1Cl. The fourth-order valence-corrected chi connectivity index (χ4v) is 1.71. The molecule has 2 aromatic rings. The van der Waals surface area contributed by atoms with E-state index in [-0.39, 0.29) is 5.56 Å². The number of methoxy groups -OCH3 is 1. The van der Waals surface area contributed by atoms with Crippen molar-refractivity contribution in [1.82, 2.24) is 9.55 Å². The molecule has 15 heavy (non-hydrogen) atoms. The number of carbonyl (C=O) groups is 1. The van der Waals surface area contributed by atoms with Gasteiger partial charge in [0.2, 0.25) is 0 Å². The first-order valence-corrected chi connectivity index (χ1v) is 4.70. The highest BCUT2D eigenvalue weighted by Gasteiger charge is 2.15. The molecule has 0 radical (unpaired) electrons. The van der Waals surface area contributed by atoms with Crippen molar-refractivity contribution >= 4 is 28.6 Å². The van der Waals surface area contributed by atoms with Gasteiger partial charge < -0.3 is 9.30 Å². The number of ether oxygens (including phenoxy) is 1. The van der Waals surface area contributed by atoms with Gasteiger partial charge in [-0.2, -0.15) is 0 Å². The number of esters is 1. The molecule has 0 aliphatic rings. The minimum atomic E-state index is -0.474. The van der Waals surface area contributed by atoms with E-state index in [0.717, 1.165) is 11.0 Å². The molecular formula is C10H9ClN2O2. The van der Waals surface area contributed by atoms with E-state index >= 15 is 0 Å². The predicted octanol–water partition coefficient (Wildman–Crippen LogP) is 2.01. The maximum Gasteiger partial charge on any atom is 0.340 e. The van der Waals surface area contributed by atoms with Crippen molar-refractivity contribution in [3.05, 3.63) is 29.0 Å². The Hall–Kier alpha value is -1.55. The molecule has 2 aromatic heterocycles. The van der Waals surface area contributed by atoms with Crippen molar-refractivity contribution in [2.45, 2.75) is 0 Å². The first kappa shape index (κ1) is 9.98. The monoisotopic (exact) mass is 224 g/mol. The lowest BCUT2D eigenvalue weighted by Crippen LogP contribution is -2.03. The quantitative estimate of drug-likeness (QED) is 0.696. The minimum Gasteiger partial charge on any atom is -0.465 e. The summed E-state index contributed by atoms with van der Waals surface area (Å²) >= 11 is 6.07. The zero-order chi connectivity index (χ0) is 11.0. The number of pyridine rings is 1. The molecule has 0 spiro atoms. The second kappa shape index (κ2) is 3.55. The van der Waals surface area contributed by atoms with Crippen molar-refractivity contribution in [3.63, 3.8) is 0 Å². The van der Waals surface area contributed by atoms with E-state index in [1.807, 2.05) is 23.9 Å². The summed E-state index contributed by atoms with van der Waals surface area (Å²) in [6.07, 6.45) is 3.26. The highest BCUT2D eigenvalue weighted by Crippen LogP contribution is 2.26. The minimum absolute atomic E-state index is 0.290. The Bertz CT molecular complexity index is 533. The van der Waals surface area contributed by atoms with Gasteiger partial charge in [-0.25, -0.2) is 9.78 Å². The van der Waals surface area contributed by atoms with E-state index in [2.05, 4.69) is 9.72 Å². The number of aromatic nitrogens is 2. The van der Waals surface area contributed by atoms with Crippen molar-refractivity contribution in [3.8, 4) is 0 Å². The van der Waals surface area contributed by atoms with Crippen LogP contribution in [0.25, 0.3) is 11.0 Å². The van der Waals surface area contributed by atoms with Gasteiger partial charge in [-0.15, -0.1) is 0 Å². The molecule has 0 aliphatic heterocycles. The molecule has 2 rings (SSSR count). The van der Waals surface area contributed by atoms with E-state index in [0.29, 0.717) is 5.02 Å². The van der Waals surface area contributed by atoms with E-state index in [1.54, 1.807) is 0 Å². The molecular weight excluding hydrogens is 216 g/mol. The Morgan fingerprint density at radius 2 is 2.33 bits per heavy atom. The third-order valence-electron chi connectivity index (χ3n) is 2.23. The summed E-state index contributed by atoms with van der Waals surface area (Å²) < 4.78 is 6.44. The Morgan fingerprint density at radius 1 is 1.60 bits per heavy atom. The van der Waals surface area contributed by atoms with E-state index in [9.17, 15) is 4.79 Å². The highest BCUT2D eigenvalue weighted by molar-refractivity contribution is 6.38. The van der Waals surface area contributed by atoms with Crippen LogP contribution in [0.3, 0.4) is 0 Å². The number of aryl methyl sites for hydroxylation is 1. The van der Waals surface area contributed by atoms with Gasteiger partial charge in [0, 0.05) is 24.8 Å². The maximum absolute atomic E-state index is 11.3. The average molecular weight is 225 g/mol. The van der Waals surface area contributed by atoms with E-state index in [4.69, 9.17) is 11.6 Å². The molecule has 0 atom stereocenters. The summed E-state index contributed by atoms with van der Waals surface area (Å²) in [5.74, 6) is -0.474. The zero-order valence-electron chi connectivity index (χ0n) is 8.32. The largest absolute Gasteiger partial charge is 0.465 e. The molecule has 0 saturated carbocycles. The third kappa shape index (κ3) is 1.47. The van der Waals surface area contributed by atoms with Crippen molar-refractivity contribution < 1.29 is 9.53 Å². The number of rotatable bonds is 1. The summed E-state index contributed by atoms with van der Waals surface area (Å²) in [7, 11) is 3.18. The second-order valence-corrected chi connectivity index (χ2v) is 3.52. The van der Waals surface area contributed by atoms with Crippen molar-refractivity contribution in [1.29, 1.82) is 0 Å². The van der Waals surface area contributed by atoms with Crippen LogP contribution < -0.4 is 0 Å². The van der Waals surface area contributed by atoms with Gasteiger partial charge in [-0.1, -0.05) is 11.6 Å². The smallest absolute Gasteiger partial charge is 0.340 e. The van der Waals surface area contributed by atoms with Gasteiger partial charge in [-0.3, -0.25) is 0 Å². The van der Waals surface area contributed by atoms with Gasteiger partial charge in [0.1, 0.15) is 5.65 Å². The van der Waals surface area contributed by atoms with Crippen LogP contribution in [0, 0.1) is 0 Å². The fourth-order valence-electron chi connectivity index (χ4n) is 1.43. The number of nitrogens with zero attached hydrogens (tertiary/aromatic N) is 2. The molecule has 4 nitrogen and oxygen atoms in total. The fraction of sp³-hybridized carbons (Fsp3) is 0.200. The van der Waals surface area contributed by atoms with Gasteiger partial charge >= 0.3 is 5.97 Å². The van der Waals surface area contributed by atoms with Crippen LogP contribution >= 0.6 is 11.6 Å². The van der Waals surface area contributed by atoms with E-state index in [1.165, 1.54) is 13.3 Å². The summed E-state index contributed by atoms with van der Waals surface area (Å²) in [4.78, 5) is 15.5. The standard InChI is InChI=1S/C10H9ClN2O2/c1-13-4-3-6-8(11)7(10(14)15-2)5-12-9(6)13/h3-5H,1-2H3. The van der Waals surface area contributed by atoms with Gasteiger partial charge in [0.05, 0.1) is 17.7 Å². The molecule has 0 bridgehead atoms. The number of fused-ring (bicyclic) bond motifs is 1. The molecule has 0 unspecified atom stereocenters. The Balaban J connectivity index is 2.71. The van der Waals surface area contributed by atoms with Crippen LogP contribution in [-0.2, 0) is 11.8 Å². The topological polar surface area (TPSA) is 44.1 Å². The molecule has 78 valence electrons. The molecule has 0 aromatic carbocycles. The van der Waals surface area contributed by atoms with Crippen LogP contribution in [0.2, 0.25) is 5.02 Å². The van der Waals surface area contributed by atoms with E-state index < -0.39 is 5.97 Å². The molecule has 0 aliphatic carbocycles. The lowest BCUT2D eigenvalue weighted by molar-refractivity contribution is 0.0600. The number of halogens is 1. The third-order valence-corrected chi connectivity index (χ3v) is 2.64. The molecule has 0 saturated heterocycles. The van der Waals surface area contributed by atoms with Crippen LogP contribution in [-0.4, -0.2) is 22.6 Å². The van der Waals surface area contributed by atoms with Crippen molar-refractivity contribution in [2.24, 2.45) is 7.05 Å². The molecule has 0 amide bonds. The lowest BCUT2D eigenvalue weighted by Gasteiger charge is -2.03. The lowest BCUT2D eigenvalue weighted by atomic mass is 10.2. The van der Waals surface area contributed by atoms with Crippen LogP contribution in [0.1, 0.15) is 10.4 Å². The molecule has 5 heteroatoms. The van der Waals surface area contributed by atoms with Gasteiger partial charge in [0.25, 0.3) is 0 Å². The summed E-state index contributed by atoms with van der Waals surface area (Å²) in [6.45, 7) is 0. The number of hydrogen-bond acceptors (Lipinski definition) is 3. The Morgan fingerprint density at radius 3 is 3.00 bits per heavy atom. The molecule has 0 fully saturated rings. The average Bonchev–Trinajstić information content (AvgIpc) is 2.61. The van der Waals surface area contributed by atoms with Crippen molar-refractivity contribution in [2.75, 3.05) is 7.11 Å². The number of hydrogen-bond donors (Lipinski definition) is 0. The predicted molar refractivity (Wildman–Crippen MR) is 57.1 cm³/mol. The highest BCUT2D eigenvalue weighted by atomic mass is 35.5. The Kier molecular flexibility index (Phi) is 2.36. The van der Waals surface area contributed by atoms with Crippen LogP contribution in [0.15, 0.2) is 18.5 Å². The first-order chi connectivity index (χ1) is 7.15. The van der Waals surface area contributed by atoms with Crippen LogP contribution in [0.4, 0.5) is 0 Å². The second-order valence-electron chi connectivity index (χ2n) is 3.14. The van der Waals surface area contributed by atoms with Gasteiger partial charge in [0.15, 0.2) is 0 Å². The van der Waals surface area contributed by atoms with Crippen LogP contribution in [0.5, 0.6) is 0 Å². The first-order valence-electron chi connectivity index (χ1n) is 4.33. The summed E-state index contributed by atoms with van der Waals surface area (Å²) in [5.41, 5.74) is 1.03. The molecule has 2 heterocycles. The molecule has 0 N–H and O–H groups in total. The summed E-state index contributed by atoms with van der Waals surface area (Å²) in [6, 6.07) is 1.82.